The number of benzene rings is 2. The van der Waals surface area contributed by atoms with Gasteiger partial charge in [-0.15, -0.1) is 0 Å². The average Bonchev–Trinajstić information content (AvgIpc) is 2.68. The number of H-pyrrole nitrogens is 1. The summed E-state index contributed by atoms with van der Waals surface area (Å²) < 4.78 is 5.61. The monoisotopic (exact) mass is 365 g/mol. The van der Waals surface area contributed by atoms with Crippen molar-refractivity contribution in [3.05, 3.63) is 70.8 Å². The molecule has 140 valence electrons. The molecule has 2 aromatic carbocycles. The molecule has 0 aliphatic heterocycles. The summed E-state index contributed by atoms with van der Waals surface area (Å²) >= 11 is 0. The van der Waals surface area contributed by atoms with Crippen molar-refractivity contribution in [2.75, 3.05) is 20.2 Å². The van der Waals surface area contributed by atoms with Gasteiger partial charge in [0.2, 0.25) is 5.91 Å². The molecule has 0 atom stereocenters. The Balaban J connectivity index is 1.44. The summed E-state index contributed by atoms with van der Waals surface area (Å²) in [6.07, 6.45) is 1.59. The maximum atomic E-state index is 12.2. The van der Waals surface area contributed by atoms with E-state index in [1.165, 1.54) is 0 Å². The van der Waals surface area contributed by atoms with Gasteiger partial charge in [-0.2, -0.15) is 0 Å². The molecule has 3 rings (SSSR count). The summed E-state index contributed by atoms with van der Waals surface area (Å²) in [5.41, 5.74) is 0.537. The molecule has 6 heteroatoms. The molecular weight excluding hydrogens is 342 g/mol. The molecule has 1 aromatic heterocycles. The minimum Gasteiger partial charge on any atom is -0.492 e. The second-order valence-corrected chi connectivity index (χ2v) is 6.36. The van der Waals surface area contributed by atoms with Crippen LogP contribution < -0.4 is 10.3 Å². The quantitative estimate of drug-likeness (QED) is 0.666. The first-order valence-electron chi connectivity index (χ1n) is 9.03. The van der Waals surface area contributed by atoms with Gasteiger partial charge in [0.25, 0.3) is 5.56 Å². The largest absolute Gasteiger partial charge is 0.492 e. The Morgan fingerprint density at radius 1 is 1.11 bits per heavy atom. The molecule has 3 aromatic rings. The number of ether oxygens (including phenoxy) is 1. The van der Waals surface area contributed by atoms with Gasteiger partial charge in [0, 0.05) is 19.9 Å². The van der Waals surface area contributed by atoms with Crippen LogP contribution in [0.3, 0.4) is 0 Å². The highest BCUT2D eigenvalue weighted by molar-refractivity contribution is 5.77. The highest BCUT2D eigenvalue weighted by Gasteiger charge is 2.10. The van der Waals surface area contributed by atoms with E-state index in [0.29, 0.717) is 49.1 Å². The zero-order chi connectivity index (χ0) is 19.1. The molecule has 0 unspecified atom stereocenters. The SMILES string of the molecule is CN(CCOc1ccccc1)C(=O)CCCc1nc2ccccc2c(=O)[nH]1. The van der Waals surface area contributed by atoms with Gasteiger partial charge in [-0.25, -0.2) is 4.98 Å². The summed E-state index contributed by atoms with van der Waals surface area (Å²) in [7, 11) is 1.77. The van der Waals surface area contributed by atoms with Crippen LogP contribution >= 0.6 is 0 Å². The van der Waals surface area contributed by atoms with Crippen molar-refractivity contribution in [3.8, 4) is 5.75 Å². The van der Waals surface area contributed by atoms with Crippen LogP contribution in [0.25, 0.3) is 10.9 Å². The number of aromatic nitrogens is 2. The molecule has 0 saturated carbocycles. The third-order valence-corrected chi connectivity index (χ3v) is 4.33. The van der Waals surface area contributed by atoms with E-state index in [2.05, 4.69) is 9.97 Å². The van der Waals surface area contributed by atoms with Crippen LogP contribution in [0.2, 0.25) is 0 Å². The molecular formula is C21H23N3O3. The van der Waals surface area contributed by atoms with E-state index < -0.39 is 0 Å². The zero-order valence-corrected chi connectivity index (χ0v) is 15.4. The predicted molar refractivity (Wildman–Crippen MR) is 105 cm³/mol. The van der Waals surface area contributed by atoms with Crippen LogP contribution in [-0.4, -0.2) is 41.0 Å². The second-order valence-electron chi connectivity index (χ2n) is 6.36. The summed E-state index contributed by atoms with van der Waals surface area (Å²) in [6, 6.07) is 16.8. The van der Waals surface area contributed by atoms with Gasteiger partial charge in [0.1, 0.15) is 18.2 Å². The molecule has 0 aliphatic carbocycles. The molecule has 0 fully saturated rings. The van der Waals surface area contributed by atoms with E-state index in [1.807, 2.05) is 48.5 Å². The topological polar surface area (TPSA) is 75.3 Å². The highest BCUT2D eigenvalue weighted by atomic mass is 16.5. The van der Waals surface area contributed by atoms with Gasteiger partial charge in [-0.1, -0.05) is 30.3 Å². The summed E-state index contributed by atoms with van der Waals surface area (Å²) in [4.78, 5) is 33.2. The second kappa shape index (κ2) is 8.98. The fourth-order valence-corrected chi connectivity index (χ4v) is 2.79. The van der Waals surface area contributed by atoms with Crippen molar-refractivity contribution >= 4 is 16.8 Å². The Hall–Kier alpha value is -3.15. The van der Waals surface area contributed by atoms with Crippen molar-refractivity contribution in [1.82, 2.24) is 14.9 Å². The maximum Gasteiger partial charge on any atom is 0.258 e. The lowest BCUT2D eigenvalue weighted by molar-refractivity contribution is -0.130. The van der Waals surface area contributed by atoms with E-state index >= 15 is 0 Å². The van der Waals surface area contributed by atoms with Crippen molar-refractivity contribution in [1.29, 1.82) is 0 Å². The van der Waals surface area contributed by atoms with Crippen LogP contribution in [0, 0.1) is 0 Å². The molecule has 1 N–H and O–H groups in total. The molecule has 27 heavy (non-hydrogen) atoms. The number of para-hydroxylation sites is 2. The number of likely N-dealkylation sites (N-methyl/N-ethyl adjacent to an activating group) is 1. The van der Waals surface area contributed by atoms with Crippen molar-refractivity contribution in [2.24, 2.45) is 0 Å². The smallest absolute Gasteiger partial charge is 0.258 e. The molecule has 1 amide bonds. The van der Waals surface area contributed by atoms with Gasteiger partial charge >= 0.3 is 0 Å². The molecule has 0 bridgehead atoms. The molecule has 0 saturated heterocycles. The van der Waals surface area contributed by atoms with Gasteiger partial charge in [-0.05, 0) is 30.7 Å². The number of rotatable bonds is 8. The number of carbonyl (C=O) groups is 1. The van der Waals surface area contributed by atoms with E-state index in [1.54, 1.807) is 18.0 Å². The van der Waals surface area contributed by atoms with Crippen LogP contribution in [0.5, 0.6) is 5.75 Å². The molecule has 6 nitrogen and oxygen atoms in total. The van der Waals surface area contributed by atoms with Gasteiger partial charge in [-0.3, -0.25) is 9.59 Å². The minimum absolute atomic E-state index is 0.0507. The van der Waals surface area contributed by atoms with E-state index in [0.717, 1.165) is 5.75 Å². The fraction of sp³-hybridized carbons (Fsp3) is 0.286. The molecule has 0 aliphatic rings. The summed E-state index contributed by atoms with van der Waals surface area (Å²) in [5.74, 6) is 1.46. The lowest BCUT2D eigenvalue weighted by Crippen LogP contribution is -2.30. The molecule has 0 radical (unpaired) electrons. The summed E-state index contributed by atoms with van der Waals surface area (Å²) in [6.45, 7) is 0.977. The highest BCUT2D eigenvalue weighted by Crippen LogP contribution is 2.09. The van der Waals surface area contributed by atoms with Gasteiger partial charge in [0.05, 0.1) is 17.4 Å². The Morgan fingerprint density at radius 2 is 1.85 bits per heavy atom. The summed E-state index contributed by atoms with van der Waals surface area (Å²) in [5, 5.41) is 0.579. The first kappa shape index (κ1) is 18.6. The third kappa shape index (κ3) is 5.17. The average molecular weight is 365 g/mol. The lowest BCUT2D eigenvalue weighted by Gasteiger charge is -2.17. The number of hydrogen-bond donors (Lipinski definition) is 1. The number of aryl methyl sites for hydroxylation is 1. The number of nitrogens with zero attached hydrogens (tertiary/aromatic N) is 2. The fourth-order valence-electron chi connectivity index (χ4n) is 2.79. The molecule has 1 heterocycles. The first-order chi connectivity index (χ1) is 13.1. The Morgan fingerprint density at radius 3 is 2.67 bits per heavy atom. The van der Waals surface area contributed by atoms with Crippen molar-refractivity contribution in [2.45, 2.75) is 19.3 Å². The zero-order valence-electron chi connectivity index (χ0n) is 15.4. The van der Waals surface area contributed by atoms with Crippen LogP contribution in [-0.2, 0) is 11.2 Å². The number of carbonyl (C=O) groups excluding carboxylic acids is 1. The van der Waals surface area contributed by atoms with Crippen molar-refractivity contribution in [3.63, 3.8) is 0 Å². The van der Waals surface area contributed by atoms with E-state index in [-0.39, 0.29) is 11.5 Å². The lowest BCUT2D eigenvalue weighted by atomic mass is 10.2. The Bertz CT molecular complexity index is 954. The van der Waals surface area contributed by atoms with E-state index in [9.17, 15) is 9.59 Å². The standard InChI is InChI=1S/C21H23N3O3/c1-24(14-15-27-16-8-3-2-4-9-16)20(25)13-7-12-19-22-18-11-6-5-10-17(18)21(26)23-19/h2-6,8-11H,7,12-15H2,1H3,(H,22,23,26). The number of hydrogen-bond acceptors (Lipinski definition) is 4. The van der Waals surface area contributed by atoms with Gasteiger partial charge in [0.15, 0.2) is 0 Å². The Kier molecular flexibility index (Phi) is 6.20. The number of nitrogens with one attached hydrogen (secondary N) is 1. The van der Waals surface area contributed by atoms with E-state index in [4.69, 9.17) is 4.74 Å². The van der Waals surface area contributed by atoms with Crippen LogP contribution in [0.15, 0.2) is 59.4 Å². The predicted octanol–water partition coefficient (Wildman–Crippen LogP) is 2.78. The maximum absolute atomic E-state index is 12.2. The third-order valence-electron chi connectivity index (χ3n) is 4.33. The minimum atomic E-state index is -0.142. The first-order valence-corrected chi connectivity index (χ1v) is 9.03. The number of aromatic amines is 1. The molecule has 0 spiro atoms. The van der Waals surface area contributed by atoms with Gasteiger partial charge < -0.3 is 14.6 Å². The van der Waals surface area contributed by atoms with Crippen LogP contribution in [0.1, 0.15) is 18.7 Å². The number of amides is 1. The van der Waals surface area contributed by atoms with Crippen molar-refractivity contribution < 1.29 is 9.53 Å². The van der Waals surface area contributed by atoms with Crippen LogP contribution in [0.4, 0.5) is 0 Å². The Labute approximate surface area is 157 Å². The number of fused-ring (bicyclic) bond motifs is 1. The normalized spacial score (nSPS) is 10.7.